The average molecular weight is 482 g/mol. The zero-order chi connectivity index (χ0) is 21.4. The highest BCUT2D eigenvalue weighted by Crippen LogP contribution is 2.20. The smallest absolute Gasteiger partial charge is 0.283 e. The average Bonchev–Trinajstić information content (AvgIpc) is 3.40. The maximum Gasteiger partial charge on any atom is 0.283 e. The van der Waals surface area contributed by atoms with Gasteiger partial charge in [0.15, 0.2) is 11.2 Å². The summed E-state index contributed by atoms with van der Waals surface area (Å²) in [7, 11) is 0. The lowest BCUT2D eigenvalue weighted by Crippen LogP contribution is -2.21. The van der Waals surface area contributed by atoms with Crippen LogP contribution in [0.5, 0.6) is 0 Å². The Morgan fingerprint density at radius 1 is 1.10 bits per heavy atom. The molecule has 0 aliphatic rings. The minimum atomic E-state index is -0.377. The fourth-order valence-corrected chi connectivity index (χ4v) is 3.48. The molecular formula is C20H13BrFN7O2. The van der Waals surface area contributed by atoms with Crippen molar-refractivity contribution in [3.63, 3.8) is 0 Å². The van der Waals surface area contributed by atoms with E-state index >= 15 is 0 Å². The lowest BCUT2D eigenvalue weighted by atomic mass is 10.2. The molecule has 0 N–H and O–H groups in total. The molecule has 0 unspecified atom stereocenters. The van der Waals surface area contributed by atoms with Gasteiger partial charge in [-0.15, -0.1) is 5.10 Å². The summed E-state index contributed by atoms with van der Waals surface area (Å²) in [4.78, 5) is 21.5. The van der Waals surface area contributed by atoms with Gasteiger partial charge in [-0.3, -0.25) is 9.36 Å². The summed E-state index contributed by atoms with van der Waals surface area (Å²) in [6.07, 6.45) is 1.39. The molecule has 0 fully saturated rings. The van der Waals surface area contributed by atoms with Crippen LogP contribution in [0, 0.1) is 5.82 Å². The molecule has 0 bridgehead atoms. The monoisotopic (exact) mass is 481 g/mol. The third-order valence-electron chi connectivity index (χ3n) is 4.59. The number of halogens is 2. The predicted octanol–water partition coefficient (Wildman–Crippen LogP) is 3.04. The largest absolute Gasteiger partial charge is 0.337 e. The lowest BCUT2D eigenvalue weighted by molar-refractivity contribution is 0.369. The zero-order valence-electron chi connectivity index (χ0n) is 15.8. The second-order valence-corrected chi connectivity index (χ2v) is 7.66. The van der Waals surface area contributed by atoms with Gasteiger partial charge >= 0.3 is 0 Å². The Morgan fingerprint density at radius 2 is 1.94 bits per heavy atom. The van der Waals surface area contributed by atoms with E-state index in [2.05, 4.69) is 41.4 Å². The van der Waals surface area contributed by atoms with Crippen LogP contribution in [0.1, 0.15) is 11.5 Å². The van der Waals surface area contributed by atoms with E-state index in [0.29, 0.717) is 18.0 Å². The molecule has 5 rings (SSSR count). The number of rotatable bonds is 5. The highest BCUT2D eigenvalue weighted by atomic mass is 79.9. The predicted molar refractivity (Wildman–Crippen MR) is 112 cm³/mol. The second-order valence-electron chi connectivity index (χ2n) is 6.75. The maximum absolute atomic E-state index is 13.1. The molecule has 9 nitrogen and oxygen atoms in total. The molecule has 3 heterocycles. The Labute approximate surface area is 182 Å². The van der Waals surface area contributed by atoms with Crippen molar-refractivity contribution < 1.29 is 8.91 Å². The Morgan fingerprint density at radius 3 is 2.74 bits per heavy atom. The molecule has 5 aromatic rings. The summed E-state index contributed by atoms with van der Waals surface area (Å²) >= 11 is 3.41. The minimum absolute atomic E-state index is 0.0492. The van der Waals surface area contributed by atoms with E-state index in [1.54, 1.807) is 12.1 Å². The van der Waals surface area contributed by atoms with Crippen molar-refractivity contribution in [3.8, 4) is 11.4 Å². The number of hydrogen-bond acceptors (Lipinski definition) is 7. The number of aromatic nitrogens is 7. The third-order valence-corrected chi connectivity index (χ3v) is 5.09. The number of fused-ring (bicyclic) bond motifs is 1. The first-order chi connectivity index (χ1) is 15.1. The van der Waals surface area contributed by atoms with Crippen LogP contribution in [0.4, 0.5) is 4.39 Å². The number of nitrogens with zero attached hydrogens (tertiary/aromatic N) is 7. The second kappa shape index (κ2) is 7.84. The normalized spacial score (nSPS) is 11.3. The van der Waals surface area contributed by atoms with Gasteiger partial charge in [0.1, 0.15) is 18.7 Å². The Balaban J connectivity index is 1.41. The number of hydrogen-bond donors (Lipinski definition) is 0. The van der Waals surface area contributed by atoms with Gasteiger partial charge in [0.2, 0.25) is 11.7 Å². The van der Waals surface area contributed by atoms with Gasteiger partial charge in [-0.2, -0.15) is 4.98 Å². The minimum Gasteiger partial charge on any atom is -0.337 e. The van der Waals surface area contributed by atoms with Crippen molar-refractivity contribution in [2.75, 3.05) is 0 Å². The van der Waals surface area contributed by atoms with Crippen molar-refractivity contribution in [2.24, 2.45) is 0 Å². The van der Waals surface area contributed by atoms with Crippen molar-refractivity contribution in [1.29, 1.82) is 0 Å². The quantitative estimate of drug-likeness (QED) is 0.379. The van der Waals surface area contributed by atoms with E-state index < -0.39 is 0 Å². The molecule has 3 aromatic heterocycles. The van der Waals surface area contributed by atoms with Crippen LogP contribution < -0.4 is 5.56 Å². The third kappa shape index (κ3) is 3.87. The standard InChI is InChI=1S/C20H13BrFN7O2/c21-14-3-1-2-13(8-14)18-24-16(31-26-18)10-28-11-23-19-17(20(28)30)25-27-29(19)9-12-4-6-15(22)7-5-12/h1-8,11H,9-10H2. The van der Waals surface area contributed by atoms with Gasteiger partial charge in [-0.25, -0.2) is 14.1 Å². The van der Waals surface area contributed by atoms with E-state index in [1.807, 2.05) is 24.3 Å². The van der Waals surface area contributed by atoms with Crippen LogP contribution in [-0.4, -0.2) is 34.7 Å². The van der Waals surface area contributed by atoms with Gasteiger partial charge in [0, 0.05) is 10.0 Å². The molecular weight excluding hydrogens is 469 g/mol. The van der Waals surface area contributed by atoms with E-state index in [0.717, 1.165) is 15.6 Å². The lowest BCUT2D eigenvalue weighted by Gasteiger charge is -2.03. The van der Waals surface area contributed by atoms with Crippen LogP contribution in [-0.2, 0) is 13.1 Å². The molecule has 0 saturated heterocycles. The molecule has 31 heavy (non-hydrogen) atoms. The summed E-state index contributed by atoms with van der Waals surface area (Å²) in [5.74, 6) is 0.359. The molecule has 0 amide bonds. The molecule has 0 saturated carbocycles. The van der Waals surface area contributed by atoms with Crippen LogP contribution in [0.3, 0.4) is 0 Å². The molecule has 0 atom stereocenters. The summed E-state index contributed by atoms with van der Waals surface area (Å²) in [6.45, 7) is 0.362. The Kier molecular flexibility index (Phi) is 4.86. The SMILES string of the molecule is O=c1c2nnn(Cc3ccc(F)cc3)c2ncn1Cc1nc(-c2cccc(Br)c2)no1. The van der Waals surface area contributed by atoms with Crippen molar-refractivity contribution >= 4 is 27.1 Å². The topological polar surface area (TPSA) is 105 Å². The van der Waals surface area contributed by atoms with Crippen LogP contribution in [0.2, 0.25) is 0 Å². The van der Waals surface area contributed by atoms with Gasteiger partial charge in [-0.1, -0.05) is 50.6 Å². The fraction of sp³-hybridized carbons (Fsp3) is 0.100. The molecule has 0 aliphatic heterocycles. The van der Waals surface area contributed by atoms with E-state index in [4.69, 9.17) is 4.52 Å². The summed E-state index contributed by atoms with van der Waals surface area (Å²) in [5, 5.41) is 12.0. The zero-order valence-corrected chi connectivity index (χ0v) is 17.4. The fourth-order valence-electron chi connectivity index (χ4n) is 3.08. The van der Waals surface area contributed by atoms with Gasteiger partial charge in [0.05, 0.1) is 6.54 Å². The van der Waals surface area contributed by atoms with Gasteiger partial charge < -0.3 is 4.52 Å². The highest BCUT2D eigenvalue weighted by molar-refractivity contribution is 9.10. The Bertz CT molecular complexity index is 1440. The van der Waals surface area contributed by atoms with Crippen LogP contribution in [0.15, 0.2) is 68.6 Å². The number of benzene rings is 2. The first-order valence-electron chi connectivity index (χ1n) is 9.18. The molecule has 2 aromatic carbocycles. The Hall–Kier alpha value is -3.73. The summed E-state index contributed by atoms with van der Waals surface area (Å²) in [5.41, 5.74) is 1.68. The highest BCUT2D eigenvalue weighted by Gasteiger charge is 2.15. The van der Waals surface area contributed by atoms with Crippen molar-refractivity contribution in [3.05, 3.63) is 87.0 Å². The van der Waals surface area contributed by atoms with Gasteiger partial charge in [0.25, 0.3) is 5.56 Å². The summed E-state index contributed by atoms with van der Waals surface area (Å²) < 4.78 is 22.1. The molecule has 0 aliphatic carbocycles. The first-order valence-corrected chi connectivity index (χ1v) is 9.98. The first kappa shape index (κ1) is 19.2. The van der Waals surface area contributed by atoms with E-state index in [-0.39, 0.29) is 29.3 Å². The molecule has 0 radical (unpaired) electrons. The van der Waals surface area contributed by atoms with Crippen LogP contribution in [0.25, 0.3) is 22.6 Å². The molecule has 11 heteroatoms. The van der Waals surface area contributed by atoms with Gasteiger partial charge in [-0.05, 0) is 29.8 Å². The molecule has 0 spiro atoms. The van der Waals surface area contributed by atoms with Crippen molar-refractivity contribution in [1.82, 2.24) is 34.7 Å². The summed E-state index contributed by atoms with van der Waals surface area (Å²) in [6, 6.07) is 13.5. The van der Waals surface area contributed by atoms with E-state index in [1.165, 1.54) is 27.7 Å². The van der Waals surface area contributed by atoms with Crippen LogP contribution >= 0.6 is 15.9 Å². The molecule has 154 valence electrons. The van der Waals surface area contributed by atoms with E-state index in [9.17, 15) is 9.18 Å². The maximum atomic E-state index is 13.1. The van der Waals surface area contributed by atoms with Crippen molar-refractivity contribution in [2.45, 2.75) is 13.1 Å².